The lowest BCUT2D eigenvalue weighted by atomic mass is 10.2. The Balaban J connectivity index is 2.07. The fraction of sp³-hybridized carbons (Fsp3) is 0.389. The smallest absolute Gasteiger partial charge is 0.435 e. The maximum absolute atomic E-state index is 12.6. The van der Waals surface area contributed by atoms with Crippen LogP contribution in [0.15, 0.2) is 36.5 Å². The van der Waals surface area contributed by atoms with Crippen LogP contribution in [0.25, 0.3) is 5.69 Å². The number of hydrogen-bond acceptors (Lipinski definition) is 4. The molecule has 0 saturated heterocycles. The number of nitrogens with zero attached hydrogens (tertiary/aromatic N) is 3. The number of halogens is 3. The lowest BCUT2D eigenvalue weighted by Gasteiger charge is -2.22. The molecule has 0 aliphatic heterocycles. The molecule has 0 unspecified atom stereocenters. The van der Waals surface area contributed by atoms with Gasteiger partial charge in [-0.25, -0.2) is 4.68 Å². The largest absolute Gasteiger partial charge is 0.459 e. The van der Waals surface area contributed by atoms with Crippen LogP contribution >= 0.6 is 0 Å². The van der Waals surface area contributed by atoms with Crippen molar-refractivity contribution in [3.05, 3.63) is 47.8 Å². The Kier molecular flexibility index (Phi) is 5.62. The molecule has 1 aromatic carbocycles. The summed E-state index contributed by atoms with van der Waals surface area (Å²) in [5.74, 6) is -0.949. The fourth-order valence-corrected chi connectivity index (χ4v) is 2.24. The summed E-state index contributed by atoms with van der Waals surface area (Å²) in [7, 11) is 1.46. The monoisotopic (exact) mass is 383 g/mol. The first-order valence-electron chi connectivity index (χ1n) is 8.07. The maximum atomic E-state index is 12.6. The van der Waals surface area contributed by atoms with Gasteiger partial charge in [0.25, 0.3) is 5.91 Å². The van der Waals surface area contributed by atoms with Crippen molar-refractivity contribution in [3.63, 3.8) is 0 Å². The summed E-state index contributed by atoms with van der Waals surface area (Å²) < 4.78 is 44.1. The Morgan fingerprint density at radius 2 is 1.70 bits per heavy atom. The van der Waals surface area contributed by atoms with E-state index in [4.69, 9.17) is 4.74 Å². The molecule has 0 bridgehead atoms. The van der Waals surface area contributed by atoms with Crippen LogP contribution in [-0.4, -0.2) is 45.8 Å². The quantitative estimate of drug-likeness (QED) is 0.760. The van der Waals surface area contributed by atoms with E-state index >= 15 is 0 Å². The van der Waals surface area contributed by atoms with E-state index in [0.717, 1.165) is 10.7 Å². The molecule has 2 rings (SSSR count). The van der Waals surface area contributed by atoms with E-state index in [1.54, 1.807) is 20.8 Å². The van der Waals surface area contributed by atoms with Crippen molar-refractivity contribution < 1.29 is 27.5 Å². The number of carbonyl (C=O) groups excluding carboxylic acids is 2. The van der Waals surface area contributed by atoms with Crippen molar-refractivity contribution >= 4 is 11.9 Å². The van der Waals surface area contributed by atoms with E-state index in [9.17, 15) is 22.8 Å². The summed E-state index contributed by atoms with van der Waals surface area (Å²) in [5, 5.41) is 3.47. The molecule has 0 saturated carbocycles. The van der Waals surface area contributed by atoms with Gasteiger partial charge in [0.1, 0.15) is 12.1 Å². The Bertz CT molecular complexity index is 821. The Morgan fingerprint density at radius 1 is 1.11 bits per heavy atom. The molecule has 27 heavy (non-hydrogen) atoms. The number of rotatable bonds is 4. The van der Waals surface area contributed by atoms with E-state index in [1.807, 2.05) is 0 Å². The Hall–Kier alpha value is -2.84. The molecule has 2 aromatic rings. The number of hydrogen-bond donors (Lipinski definition) is 0. The van der Waals surface area contributed by atoms with E-state index in [1.165, 1.54) is 42.4 Å². The fourth-order valence-electron chi connectivity index (χ4n) is 2.24. The SMILES string of the molecule is CN(CC(=O)OC(C)(C)C)C(=O)c1ccc(-n2ccc(C(F)(F)F)n2)cc1. The molecule has 0 atom stereocenters. The van der Waals surface area contributed by atoms with Crippen molar-refractivity contribution in [2.45, 2.75) is 32.5 Å². The van der Waals surface area contributed by atoms with Crippen molar-refractivity contribution in [3.8, 4) is 5.69 Å². The molecule has 1 amide bonds. The van der Waals surface area contributed by atoms with Gasteiger partial charge >= 0.3 is 12.1 Å². The van der Waals surface area contributed by atoms with Crippen LogP contribution in [0.4, 0.5) is 13.2 Å². The van der Waals surface area contributed by atoms with Crippen LogP contribution in [0.5, 0.6) is 0 Å². The van der Waals surface area contributed by atoms with Crippen LogP contribution in [0.3, 0.4) is 0 Å². The minimum absolute atomic E-state index is 0.216. The molecule has 0 radical (unpaired) electrons. The number of esters is 1. The highest BCUT2D eigenvalue weighted by atomic mass is 19.4. The van der Waals surface area contributed by atoms with Gasteiger partial charge < -0.3 is 9.64 Å². The van der Waals surface area contributed by atoms with Gasteiger partial charge in [-0.15, -0.1) is 0 Å². The summed E-state index contributed by atoms with van der Waals surface area (Å²) in [5.41, 5.74) is -0.994. The van der Waals surface area contributed by atoms with Crippen molar-refractivity contribution in [1.29, 1.82) is 0 Å². The normalized spacial score (nSPS) is 12.0. The second-order valence-corrected chi connectivity index (χ2v) is 6.94. The zero-order valence-corrected chi connectivity index (χ0v) is 15.4. The molecule has 0 N–H and O–H groups in total. The number of aromatic nitrogens is 2. The molecule has 146 valence electrons. The molecule has 0 aliphatic rings. The third-order valence-corrected chi connectivity index (χ3v) is 3.39. The van der Waals surface area contributed by atoms with E-state index in [0.29, 0.717) is 5.69 Å². The summed E-state index contributed by atoms with van der Waals surface area (Å²) in [4.78, 5) is 25.4. The standard InChI is InChI=1S/C18H20F3N3O3/c1-17(2,3)27-15(25)11-23(4)16(26)12-5-7-13(8-6-12)24-10-9-14(22-24)18(19,20)21/h5-10H,11H2,1-4H3. The van der Waals surface area contributed by atoms with Gasteiger partial charge in [-0.1, -0.05) is 0 Å². The van der Waals surface area contributed by atoms with Crippen molar-refractivity contribution in [1.82, 2.24) is 14.7 Å². The average Bonchev–Trinajstić information content (AvgIpc) is 3.02. The van der Waals surface area contributed by atoms with E-state index in [2.05, 4.69) is 5.10 Å². The van der Waals surface area contributed by atoms with Gasteiger partial charge in [-0.3, -0.25) is 9.59 Å². The van der Waals surface area contributed by atoms with E-state index < -0.39 is 29.3 Å². The first-order valence-corrected chi connectivity index (χ1v) is 8.07. The molecule has 0 aliphatic carbocycles. The number of likely N-dealkylation sites (N-methyl/N-ethyl adjacent to an activating group) is 1. The molecule has 6 nitrogen and oxygen atoms in total. The lowest BCUT2D eigenvalue weighted by Crippen LogP contribution is -2.36. The molecular formula is C18H20F3N3O3. The zero-order valence-electron chi connectivity index (χ0n) is 15.4. The third kappa shape index (κ3) is 5.57. The minimum atomic E-state index is -4.52. The van der Waals surface area contributed by atoms with Gasteiger partial charge in [0.2, 0.25) is 0 Å². The third-order valence-electron chi connectivity index (χ3n) is 3.39. The van der Waals surface area contributed by atoms with Gasteiger partial charge in [-0.2, -0.15) is 18.3 Å². The topological polar surface area (TPSA) is 64.4 Å². The highest BCUT2D eigenvalue weighted by Gasteiger charge is 2.33. The molecular weight excluding hydrogens is 363 g/mol. The summed E-state index contributed by atoms with van der Waals surface area (Å²) in [6.45, 7) is 4.97. The summed E-state index contributed by atoms with van der Waals surface area (Å²) >= 11 is 0. The second kappa shape index (κ2) is 7.42. The number of carbonyl (C=O) groups is 2. The Morgan fingerprint density at radius 3 is 2.19 bits per heavy atom. The molecule has 9 heteroatoms. The summed E-state index contributed by atoms with van der Waals surface area (Å²) in [6, 6.07) is 6.73. The van der Waals surface area contributed by atoms with E-state index in [-0.39, 0.29) is 12.1 Å². The van der Waals surface area contributed by atoms with Gasteiger partial charge in [0, 0.05) is 18.8 Å². The highest BCUT2D eigenvalue weighted by Crippen LogP contribution is 2.27. The minimum Gasteiger partial charge on any atom is -0.459 e. The molecule has 1 aromatic heterocycles. The first kappa shape index (κ1) is 20.5. The number of alkyl halides is 3. The average molecular weight is 383 g/mol. The number of amides is 1. The van der Waals surface area contributed by atoms with Gasteiger partial charge in [0.05, 0.1) is 5.69 Å². The number of ether oxygens (including phenoxy) is 1. The van der Waals surface area contributed by atoms with Gasteiger partial charge in [-0.05, 0) is 51.1 Å². The molecule has 1 heterocycles. The van der Waals surface area contributed by atoms with Crippen LogP contribution < -0.4 is 0 Å². The summed E-state index contributed by atoms with van der Waals surface area (Å²) in [6.07, 6.45) is -3.33. The highest BCUT2D eigenvalue weighted by molar-refractivity contribution is 5.96. The zero-order chi connectivity index (χ0) is 20.4. The second-order valence-electron chi connectivity index (χ2n) is 6.94. The molecule has 0 spiro atoms. The predicted molar refractivity (Wildman–Crippen MR) is 91.4 cm³/mol. The van der Waals surface area contributed by atoms with Gasteiger partial charge in [0.15, 0.2) is 5.69 Å². The maximum Gasteiger partial charge on any atom is 0.435 e. The van der Waals surface area contributed by atoms with Crippen LogP contribution in [0.2, 0.25) is 0 Å². The van der Waals surface area contributed by atoms with Crippen LogP contribution in [0.1, 0.15) is 36.8 Å². The van der Waals surface area contributed by atoms with Crippen molar-refractivity contribution in [2.24, 2.45) is 0 Å². The Labute approximate surface area is 154 Å². The number of benzene rings is 1. The first-order chi connectivity index (χ1) is 12.4. The molecule has 0 fully saturated rings. The van der Waals surface area contributed by atoms with Crippen molar-refractivity contribution in [2.75, 3.05) is 13.6 Å². The lowest BCUT2D eigenvalue weighted by molar-refractivity contribution is -0.155. The van der Waals surface area contributed by atoms with Crippen LogP contribution in [-0.2, 0) is 15.7 Å². The predicted octanol–water partition coefficient (Wildman–Crippen LogP) is 3.30. The van der Waals surface area contributed by atoms with Crippen LogP contribution in [0, 0.1) is 0 Å².